The van der Waals surface area contributed by atoms with Crippen LogP contribution in [0.25, 0.3) is 0 Å². The van der Waals surface area contributed by atoms with Crippen molar-refractivity contribution in [3.63, 3.8) is 0 Å². The number of rotatable bonds is 8. The van der Waals surface area contributed by atoms with Gasteiger partial charge in [-0.05, 0) is 73.5 Å². The van der Waals surface area contributed by atoms with E-state index in [4.69, 9.17) is 4.99 Å². The number of fused-ring (bicyclic) bond motifs is 1. The largest absolute Gasteiger partial charge is 0.378 e. The first-order chi connectivity index (χ1) is 19.3. The molecule has 0 aromatic heterocycles. The van der Waals surface area contributed by atoms with E-state index in [-0.39, 0.29) is 0 Å². The third-order valence-electron chi connectivity index (χ3n) is 7.57. The van der Waals surface area contributed by atoms with Gasteiger partial charge in [0, 0.05) is 69.6 Å². The Balaban J connectivity index is 1.75. The zero-order valence-electron chi connectivity index (χ0n) is 24.3. The number of nitrogens with one attached hydrogen (secondary N) is 1. The van der Waals surface area contributed by atoms with Crippen LogP contribution in [-0.2, 0) is 4.75 Å². The van der Waals surface area contributed by atoms with E-state index in [0.29, 0.717) is 0 Å². The molecule has 1 N–H and O–H groups in total. The molecule has 0 atom stereocenters. The van der Waals surface area contributed by atoms with Crippen molar-refractivity contribution in [1.29, 1.82) is 0 Å². The highest BCUT2D eigenvalue weighted by Gasteiger charge is 2.43. The maximum Gasteiger partial charge on any atom is 0.167 e. The second kappa shape index (κ2) is 11.7. The molecule has 0 bridgehead atoms. The molecule has 206 valence electrons. The Labute approximate surface area is 243 Å². The minimum absolute atomic E-state index is 0.494. The summed E-state index contributed by atoms with van der Waals surface area (Å²) in [5.41, 5.74) is 9.21. The van der Waals surface area contributed by atoms with E-state index < -0.39 is 4.75 Å². The summed E-state index contributed by atoms with van der Waals surface area (Å²) < 4.78 is -0.494. The van der Waals surface area contributed by atoms with Crippen LogP contribution in [-0.4, -0.2) is 46.4 Å². The number of hydrogen-bond acceptors (Lipinski definition) is 6. The second-order valence-corrected chi connectivity index (χ2v) is 11.7. The highest BCUT2D eigenvalue weighted by atomic mass is 32.2. The fourth-order valence-electron chi connectivity index (χ4n) is 5.31. The summed E-state index contributed by atoms with van der Waals surface area (Å²) in [5, 5.41) is 4.51. The molecule has 0 fully saturated rings. The van der Waals surface area contributed by atoms with Crippen LogP contribution in [0.15, 0.2) is 102 Å². The zero-order chi connectivity index (χ0) is 28.3. The van der Waals surface area contributed by atoms with Gasteiger partial charge in [-0.1, -0.05) is 60.3 Å². The number of nitrogens with zero attached hydrogens (tertiary/aromatic N) is 4. The molecule has 5 nitrogen and oxygen atoms in total. The third kappa shape index (κ3) is 5.28. The standard InChI is InChI=1S/C34H39N5S/c1-7-39(8-2)30-22-23-31-32(24-30)36-33(35-27-12-10-9-11-13-27)40-34(31,25-14-18-28(19-15-25)37(3)4)26-16-20-29(21-17-26)38(5)6/h9-24H,7-8H2,1-6H3,(H,35,36). The van der Waals surface area contributed by atoms with Crippen molar-refractivity contribution in [3.8, 4) is 0 Å². The molecule has 0 saturated heterocycles. The van der Waals surface area contributed by atoms with E-state index in [0.717, 1.165) is 29.6 Å². The maximum atomic E-state index is 5.22. The molecule has 4 aromatic carbocycles. The van der Waals surface area contributed by atoms with Gasteiger partial charge in [0.25, 0.3) is 0 Å². The van der Waals surface area contributed by atoms with E-state index >= 15 is 0 Å². The molecular formula is C34H39N5S. The lowest BCUT2D eigenvalue weighted by Gasteiger charge is -2.39. The summed E-state index contributed by atoms with van der Waals surface area (Å²) in [5.74, 6) is 0. The Hall–Kier alpha value is -3.90. The summed E-state index contributed by atoms with van der Waals surface area (Å²) in [6, 6.07) is 35.1. The highest BCUT2D eigenvalue weighted by molar-refractivity contribution is 8.15. The van der Waals surface area contributed by atoms with Crippen molar-refractivity contribution in [2.45, 2.75) is 18.6 Å². The van der Waals surface area contributed by atoms with Crippen LogP contribution in [0, 0.1) is 0 Å². The molecule has 0 saturated carbocycles. The molecule has 1 aliphatic heterocycles. The fourth-order valence-corrected chi connectivity index (χ4v) is 6.70. The lowest BCUT2D eigenvalue weighted by Crippen LogP contribution is -2.32. The van der Waals surface area contributed by atoms with Crippen molar-refractivity contribution in [3.05, 3.63) is 114 Å². The SMILES string of the molecule is CCN(CC)c1ccc2c(c1)N=C(Nc1ccccc1)SC2(c1ccc(N(C)C)cc1)c1ccc(N(C)C)cc1. The summed E-state index contributed by atoms with van der Waals surface area (Å²) >= 11 is 1.78. The molecular weight excluding hydrogens is 510 g/mol. The van der Waals surface area contributed by atoms with Gasteiger partial charge in [0.1, 0.15) is 4.75 Å². The number of thioether (sulfide) groups is 1. The number of para-hydroxylation sites is 1. The van der Waals surface area contributed by atoms with E-state index in [1.54, 1.807) is 11.8 Å². The van der Waals surface area contributed by atoms with E-state index in [1.807, 2.05) is 6.07 Å². The minimum atomic E-state index is -0.494. The Morgan fingerprint density at radius 3 is 1.70 bits per heavy atom. The Bertz CT molecular complexity index is 1410. The summed E-state index contributed by atoms with van der Waals surface area (Å²) in [4.78, 5) is 11.9. The topological polar surface area (TPSA) is 34.1 Å². The Morgan fingerprint density at radius 2 is 1.20 bits per heavy atom. The molecule has 0 aliphatic carbocycles. The van der Waals surface area contributed by atoms with Gasteiger partial charge in [-0.3, -0.25) is 0 Å². The van der Waals surface area contributed by atoms with Crippen molar-refractivity contribution in [2.75, 3.05) is 61.3 Å². The summed E-state index contributed by atoms with van der Waals surface area (Å²) in [6.45, 7) is 6.30. The van der Waals surface area contributed by atoms with Gasteiger partial charge >= 0.3 is 0 Å². The van der Waals surface area contributed by atoms with Crippen LogP contribution in [0.4, 0.5) is 28.4 Å². The van der Waals surface area contributed by atoms with Gasteiger partial charge in [-0.2, -0.15) is 0 Å². The Kier molecular flexibility index (Phi) is 8.08. The smallest absolute Gasteiger partial charge is 0.167 e. The van der Waals surface area contributed by atoms with Crippen molar-refractivity contribution < 1.29 is 0 Å². The molecule has 6 heteroatoms. The number of aliphatic imine (C=N–C) groups is 1. The fraction of sp³-hybridized carbons (Fsp3) is 0.265. The van der Waals surface area contributed by atoms with Crippen molar-refractivity contribution >= 4 is 45.4 Å². The van der Waals surface area contributed by atoms with Crippen molar-refractivity contribution in [1.82, 2.24) is 0 Å². The normalized spacial score (nSPS) is 13.7. The van der Waals surface area contributed by atoms with Gasteiger partial charge in [0.15, 0.2) is 5.17 Å². The summed E-state index contributed by atoms with van der Waals surface area (Å²) in [7, 11) is 8.33. The highest BCUT2D eigenvalue weighted by Crippen LogP contribution is 2.55. The van der Waals surface area contributed by atoms with E-state index in [2.05, 4.69) is 153 Å². The first kappa shape index (κ1) is 27.7. The lowest BCUT2D eigenvalue weighted by atomic mass is 9.82. The van der Waals surface area contributed by atoms with Crippen LogP contribution in [0.3, 0.4) is 0 Å². The maximum absolute atomic E-state index is 5.22. The molecule has 0 radical (unpaired) electrons. The van der Waals surface area contributed by atoms with Gasteiger partial charge in [-0.25, -0.2) is 4.99 Å². The van der Waals surface area contributed by atoms with Crippen LogP contribution >= 0.6 is 11.8 Å². The van der Waals surface area contributed by atoms with Crippen molar-refractivity contribution in [2.24, 2.45) is 4.99 Å². The van der Waals surface area contributed by atoms with Crippen LogP contribution < -0.4 is 20.0 Å². The molecule has 0 amide bonds. The minimum Gasteiger partial charge on any atom is -0.378 e. The van der Waals surface area contributed by atoms with E-state index in [9.17, 15) is 0 Å². The predicted molar refractivity (Wildman–Crippen MR) is 176 cm³/mol. The second-order valence-electron chi connectivity index (χ2n) is 10.4. The monoisotopic (exact) mass is 549 g/mol. The Morgan fingerprint density at radius 1 is 0.675 bits per heavy atom. The zero-order valence-corrected chi connectivity index (χ0v) is 25.2. The molecule has 0 spiro atoms. The number of anilines is 4. The first-order valence-corrected chi connectivity index (χ1v) is 14.7. The average Bonchev–Trinajstić information content (AvgIpc) is 2.98. The van der Waals surface area contributed by atoms with Crippen LogP contribution in [0.1, 0.15) is 30.5 Å². The quantitative estimate of drug-likeness (QED) is 0.243. The molecule has 5 rings (SSSR count). The number of hydrogen-bond donors (Lipinski definition) is 1. The van der Waals surface area contributed by atoms with E-state index in [1.165, 1.54) is 33.8 Å². The molecule has 0 unspecified atom stereocenters. The number of benzene rings is 4. The molecule has 40 heavy (non-hydrogen) atoms. The van der Waals surface area contributed by atoms with Gasteiger partial charge < -0.3 is 20.0 Å². The van der Waals surface area contributed by atoms with Crippen LogP contribution in [0.5, 0.6) is 0 Å². The molecule has 1 heterocycles. The average molecular weight is 550 g/mol. The molecule has 4 aromatic rings. The lowest BCUT2D eigenvalue weighted by molar-refractivity contribution is 0.860. The third-order valence-corrected chi connectivity index (χ3v) is 8.95. The first-order valence-electron chi connectivity index (χ1n) is 13.9. The number of amidine groups is 1. The van der Waals surface area contributed by atoms with Gasteiger partial charge in [-0.15, -0.1) is 0 Å². The van der Waals surface area contributed by atoms with Gasteiger partial charge in [0.05, 0.1) is 5.69 Å². The summed E-state index contributed by atoms with van der Waals surface area (Å²) in [6.07, 6.45) is 0. The predicted octanol–water partition coefficient (Wildman–Crippen LogP) is 7.80. The molecule has 1 aliphatic rings. The van der Waals surface area contributed by atoms with Gasteiger partial charge in [0.2, 0.25) is 0 Å². The van der Waals surface area contributed by atoms with Crippen LogP contribution in [0.2, 0.25) is 0 Å².